The molecule has 154 valence electrons. The molecule has 0 radical (unpaired) electrons. The molecule has 0 saturated heterocycles. The lowest BCUT2D eigenvalue weighted by atomic mass is 10.1. The van der Waals surface area contributed by atoms with Crippen LogP contribution < -0.4 is 15.4 Å². The molecule has 0 aromatic heterocycles. The van der Waals surface area contributed by atoms with Crippen molar-refractivity contribution in [3.8, 4) is 5.75 Å². The molecule has 0 aliphatic carbocycles. The summed E-state index contributed by atoms with van der Waals surface area (Å²) >= 11 is 5.82. The van der Waals surface area contributed by atoms with E-state index < -0.39 is 5.60 Å². The van der Waals surface area contributed by atoms with E-state index in [1.807, 2.05) is 12.1 Å². The predicted molar refractivity (Wildman–Crippen MR) is 112 cm³/mol. The van der Waals surface area contributed by atoms with Gasteiger partial charge < -0.3 is 15.4 Å². The minimum atomic E-state index is -1.11. The van der Waals surface area contributed by atoms with Crippen molar-refractivity contribution in [2.45, 2.75) is 32.8 Å². The molecule has 6 nitrogen and oxygen atoms in total. The lowest BCUT2D eigenvalue weighted by Gasteiger charge is -2.25. The third-order valence-corrected chi connectivity index (χ3v) is 4.40. The Hall–Kier alpha value is -2.86. The van der Waals surface area contributed by atoms with Gasteiger partial charge in [-0.15, -0.1) is 0 Å². The Labute approximate surface area is 175 Å². The van der Waals surface area contributed by atoms with Crippen LogP contribution in [-0.2, 0) is 16.0 Å². The molecular formula is C22H25ClN2O4. The number of halogens is 1. The number of hydrogen-bond donors (Lipinski definition) is 2. The van der Waals surface area contributed by atoms with Crippen molar-refractivity contribution in [3.63, 3.8) is 0 Å². The standard InChI is InChI=1S/C22H25ClN2O4/c1-15(26)14-25-21(28)22(2,3)29-19-10-4-16(5-11-19)12-13-24-20(27)17-6-8-18(23)9-7-17/h4-11H,12-14H2,1-3H3,(H,24,27)(H,25,28). The average molecular weight is 417 g/mol. The summed E-state index contributed by atoms with van der Waals surface area (Å²) in [5.41, 5.74) is 0.472. The van der Waals surface area contributed by atoms with Gasteiger partial charge in [0, 0.05) is 17.1 Å². The van der Waals surface area contributed by atoms with E-state index in [-0.39, 0.29) is 24.1 Å². The summed E-state index contributed by atoms with van der Waals surface area (Å²) < 4.78 is 5.76. The van der Waals surface area contributed by atoms with Crippen LogP contribution in [0.2, 0.25) is 5.02 Å². The van der Waals surface area contributed by atoms with Crippen LogP contribution in [0.4, 0.5) is 0 Å². The van der Waals surface area contributed by atoms with Crippen LogP contribution in [-0.4, -0.2) is 36.3 Å². The Bertz CT molecular complexity index is 861. The minimum absolute atomic E-state index is 0.0215. The zero-order chi connectivity index (χ0) is 21.4. The molecule has 0 aliphatic rings. The van der Waals surface area contributed by atoms with Gasteiger partial charge in [-0.2, -0.15) is 0 Å². The van der Waals surface area contributed by atoms with Gasteiger partial charge in [-0.25, -0.2) is 0 Å². The van der Waals surface area contributed by atoms with E-state index >= 15 is 0 Å². The first kappa shape index (κ1) is 22.4. The van der Waals surface area contributed by atoms with Crippen LogP contribution in [0.3, 0.4) is 0 Å². The molecule has 0 aliphatic heterocycles. The lowest BCUT2D eigenvalue weighted by molar-refractivity contribution is -0.135. The van der Waals surface area contributed by atoms with E-state index in [0.29, 0.717) is 29.3 Å². The SMILES string of the molecule is CC(=O)CNC(=O)C(C)(C)Oc1ccc(CCNC(=O)c2ccc(Cl)cc2)cc1. The maximum atomic E-state index is 12.1. The number of nitrogens with one attached hydrogen (secondary N) is 2. The highest BCUT2D eigenvalue weighted by Crippen LogP contribution is 2.19. The number of rotatable bonds is 9. The number of ketones is 1. The minimum Gasteiger partial charge on any atom is -0.478 e. The third kappa shape index (κ3) is 7.23. The maximum absolute atomic E-state index is 12.1. The van der Waals surface area contributed by atoms with Crippen molar-refractivity contribution >= 4 is 29.2 Å². The quantitative estimate of drug-likeness (QED) is 0.657. The van der Waals surface area contributed by atoms with Gasteiger partial charge in [0.1, 0.15) is 11.5 Å². The van der Waals surface area contributed by atoms with Crippen molar-refractivity contribution in [2.24, 2.45) is 0 Å². The van der Waals surface area contributed by atoms with Gasteiger partial charge in [-0.1, -0.05) is 23.7 Å². The third-order valence-electron chi connectivity index (χ3n) is 4.15. The van der Waals surface area contributed by atoms with Crippen LogP contribution >= 0.6 is 11.6 Å². The molecule has 7 heteroatoms. The smallest absolute Gasteiger partial charge is 0.263 e. The summed E-state index contributed by atoms with van der Waals surface area (Å²) in [6, 6.07) is 14.0. The number of hydrogen-bond acceptors (Lipinski definition) is 4. The predicted octanol–water partition coefficient (Wildman–Crippen LogP) is 3.18. The van der Waals surface area contributed by atoms with Crippen molar-refractivity contribution in [1.29, 1.82) is 0 Å². The second-order valence-corrected chi connectivity index (χ2v) is 7.59. The molecule has 0 heterocycles. The number of benzene rings is 2. The monoisotopic (exact) mass is 416 g/mol. The molecule has 2 aromatic carbocycles. The Morgan fingerprint density at radius 2 is 1.59 bits per heavy atom. The number of ether oxygens (including phenoxy) is 1. The van der Waals surface area contributed by atoms with Gasteiger partial charge in [-0.3, -0.25) is 14.4 Å². The largest absolute Gasteiger partial charge is 0.478 e. The molecule has 0 bridgehead atoms. The molecule has 29 heavy (non-hydrogen) atoms. The molecule has 2 N–H and O–H groups in total. The van der Waals surface area contributed by atoms with E-state index in [1.165, 1.54) is 6.92 Å². The summed E-state index contributed by atoms with van der Waals surface area (Å²) in [6.45, 7) is 5.16. The summed E-state index contributed by atoms with van der Waals surface area (Å²) in [4.78, 5) is 35.2. The zero-order valence-corrected chi connectivity index (χ0v) is 17.5. The van der Waals surface area contributed by atoms with Gasteiger partial charge in [0.05, 0.1) is 6.54 Å². The number of carbonyl (C=O) groups is 3. The van der Waals surface area contributed by atoms with Crippen LogP contribution in [0.1, 0.15) is 36.7 Å². The van der Waals surface area contributed by atoms with Crippen molar-refractivity contribution < 1.29 is 19.1 Å². The molecule has 0 spiro atoms. The Kier molecular flexibility index (Phi) is 7.79. The first-order valence-corrected chi connectivity index (χ1v) is 9.64. The molecule has 0 atom stereocenters. The van der Waals surface area contributed by atoms with E-state index in [9.17, 15) is 14.4 Å². The van der Waals surface area contributed by atoms with Crippen LogP contribution in [0.15, 0.2) is 48.5 Å². The number of amides is 2. The molecule has 0 fully saturated rings. The topological polar surface area (TPSA) is 84.5 Å². The van der Waals surface area contributed by atoms with Crippen LogP contribution in [0.25, 0.3) is 0 Å². The summed E-state index contributed by atoms with van der Waals surface area (Å²) in [6.07, 6.45) is 0.655. The second kappa shape index (κ2) is 10.1. The van der Waals surface area contributed by atoms with Crippen LogP contribution in [0.5, 0.6) is 5.75 Å². The summed E-state index contributed by atoms with van der Waals surface area (Å²) in [5, 5.41) is 6.00. The second-order valence-electron chi connectivity index (χ2n) is 7.15. The molecule has 0 saturated carbocycles. The fourth-order valence-corrected chi connectivity index (χ4v) is 2.63. The van der Waals surface area contributed by atoms with E-state index in [2.05, 4.69) is 10.6 Å². The summed E-state index contributed by atoms with van der Waals surface area (Å²) in [7, 11) is 0. The Morgan fingerprint density at radius 3 is 2.17 bits per heavy atom. The van der Waals surface area contributed by atoms with Crippen LogP contribution in [0, 0.1) is 0 Å². The molecule has 0 unspecified atom stereocenters. The molecular weight excluding hydrogens is 392 g/mol. The average Bonchev–Trinajstić information content (AvgIpc) is 2.67. The van der Waals surface area contributed by atoms with Gasteiger partial charge in [0.15, 0.2) is 5.60 Å². The zero-order valence-electron chi connectivity index (χ0n) is 16.8. The van der Waals surface area contributed by atoms with E-state index in [4.69, 9.17) is 16.3 Å². The van der Waals surface area contributed by atoms with Gasteiger partial charge in [-0.05, 0) is 69.2 Å². The van der Waals surface area contributed by atoms with E-state index in [0.717, 1.165) is 5.56 Å². The molecule has 2 amide bonds. The van der Waals surface area contributed by atoms with Gasteiger partial charge in [0.25, 0.3) is 11.8 Å². The molecule has 2 aromatic rings. The fraction of sp³-hybridized carbons (Fsp3) is 0.318. The molecule has 2 rings (SSSR count). The normalized spacial score (nSPS) is 10.9. The Balaban J connectivity index is 1.83. The lowest BCUT2D eigenvalue weighted by Crippen LogP contribution is -2.47. The Morgan fingerprint density at radius 1 is 0.966 bits per heavy atom. The first-order valence-electron chi connectivity index (χ1n) is 9.27. The highest BCUT2D eigenvalue weighted by Gasteiger charge is 2.29. The maximum Gasteiger partial charge on any atom is 0.263 e. The van der Waals surface area contributed by atoms with Gasteiger partial charge in [0.2, 0.25) is 0 Å². The highest BCUT2D eigenvalue weighted by atomic mass is 35.5. The highest BCUT2D eigenvalue weighted by molar-refractivity contribution is 6.30. The van der Waals surface area contributed by atoms with Crippen molar-refractivity contribution in [2.75, 3.05) is 13.1 Å². The summed E-state index contributed by atoms with van der Waals surface area (Å²) in [5.74, 6) is -0.0924. The number of carbonyl (C=O) groups excluding carboxylic acids is 3. The van der Waals surface area contributed by atoms with Gasteiger partial charge >= 0.3 is 0 Å². The van der Waals surface area contributed by atoms with Crippen molar-refractivity contribution in [3.05, 3.63) is 64.7 Å². The van der Waals surface area contributed by atoms with Crippen molar-refractivity contribution in [1.82, 2.24) is 10.6 Å². The number of Topliss-reactive ketones (excluding diaryl/α,β-unsaturated/α-hetero) is 1. The van der Waals surface area contributed by atoms with E-state index in [1.54, 1.807) is 50.2 Å². The fourth-order valence-electron chi connectivity index (χ4n) is 2.51. The first-order chi connectivity index (χ1) is 13.7.